The topological polar surface area (TPSA) is 68.3 Å². The molecule has 29 heavy (non-hydrogen) atoms. The first kappa shape index (κ1) is 21.7. The van der Waals surface area contributed by atoms with Crippen LogP contribution in [0.4, 0.5) is 10.1 Å². The number of fused-ring (bicyclic) bond motifs is 1. The fraction of sp³-hybridized carbons (Fsp3) is 0.455. The van der Waals surface area contributed by atoms with Gasteiger partial charge in [0.15, 0.2) is 0 Å². The summed E-state index contributed by atoms with van der Waals surface area (Å²) in [7, 11) is 1.68. The number of nitrogens with zero attached hydrogens (tertiary/aromatic N) is 2. The molecule has 0 aliphatic carbocycles. The van der Waals surface area contributed by atoms with Gasteiger partial charge in [-0.05, 0) is 69.9 Å². The van der Waals surface area contributed by atoms with E-state index < -0.39 is 11.4 Å². The number of hydrogen-bond donors (Lipinski definition) is 1. The number of benzene rings is 1. The Kier molecular flexibility index (Phi) is 6.03. The van der Waals surface area contributed by atoms with E-state index in [-0.39, 0.29) is 22.5 Å². The van der Waals surface area contributed by atoms with Gasteiger partial charge >= 0.3 is 0 Å². The number of carbonyl (C=O) groups excluding carboxylic acids is 1. The number of hydrogen-bond acceptors (Lipinski definition) is 4. The minimum atomic E-state index is -1.23. The van der Waals surface area contributed by atoms with Crippen molar-refractivity contribution in [3.8, 4) is 11.1 Å². The van der Waals surface area contributed by atoms with Gasteiger partial charge in [-0.1, -0.05) is 0 Å². The van der Waals surface area contributed by atoms with Crippen molar-refractivity contribution in [3.63, 3.8) is 0 Å². The van der Waals surface area contributed by atoms with Gasteiger partial charge < -0.3 is 9.45 Å². The summed E-state index contributed by atoms with van der Waals surface area (Å²) < 4.78 is 30.2. The van der Waals surface area contributed by atoms with Crippen LogP contribution in [0.3, 0.4) is 0 Å². The van der Waals surface area contributed by atoms with Crippen molar-refractivity contribution < 1.29 is 13.7 Å². The highest BCUT2D eigenvalue weighted by Gasteiger charge is 2.29. The maximum absolute atomic E-state index is 15.0. The molecule has 1 amide bonds. The van der Waals surface area contributed by atoms with Gasteiger partial charge in [0.2, 0.25) is 5.91 Å². The Morgan fingerprint density at radius 1 is 1.24 bits per heavy atom. The predicted molar refractivity (Wildman–Crippen MR) is 116 cm³/mol. The second-order valence-electron chi connectivity index (χ2n) is 8.54. The number of aromatic nitrogens is 1. The first-order valence-corrected chi connectivity index (χ1v) is 10.9. The second kappa shape index (κ2) is 8.05. The van der Waals surface area contributed by atoms with E-state index in [0.29, 0.717) is 29.7 Å². The van der Waals surface area contributed by atoms with Gasteiger partial charge in [-0.2, -0.15) is 0 Å². The van der Waals surface area contributed by atoms with Crippen molar-refractivity contribution in [2.75, 3.05) is 11.9 Å². The van der Waals surface area contributed by atoms with Gasteiger partial charge in [-0.15, -0.1) is 4.72 Å². The van der Waals surface area contributed by atoms with Crippen LogP contribution < -0.4 is 9.62 Å². The Labute approximate surface area is 175 Å². The minimum Gasteiger partial charge on any atom is -0.598 e. The van der Waals surface area contributed by atoms with Crippen molar-refractivity contribution in [3.05, 3.63) is 47.0 Å². The molecule has 2 heterocycles. The normalized spacial score (nSPS) is 16.6. The highest BCUT2D eigenvalue weighted by atomic mass is 32.2. The van der Waals surface area contributed by atoms with Crippen molar-refractivity contribution in [1.82, 2.24) is 9.71 Å². The number of halogens is 1. The van der Waals surface area contributed by atoms with E-state index in [1.165, 1.54) is 11.0 Å². The zero-order valence-electron chi connectivity index (χ0n) is 17.8. The van der Waals surface area contributed by atoms with Crippen LogP contribution in [0.1, 0.15) is 56.8 Å². The van der Waals surface area contributed by atoms with E-state index in [4.69, 9.17) is 0 Å². The lowest BCUT2D eigenvalue weighted by Crippen LogP contribution is -2.40. The SMILES string of the molecule is Cc1c(-c2cc3c(cc2F)N(C)C(=O)CC3)cncc1C(C)N[S@+]([O-])C(C)(C)C. The van der Waals surface area contributed by atoms with Crippen LogP contribution >= 0.6 is 0 Å². The lowest BCUT2D eigenvalue weighted by molar-refractivity contribution is -0.118. The number of carbonyl (C=O) groups is 1. The molecule has 3 rings (SSSR count). The molecule has 1 N–H and O–H groups in total. The van der Waals surface area contributed by atoms with Gasteiger partial charge in [-0.25, -0.2) is 4.39 Å². The van der Waals surface area contributed by atoms with Crippen LogP contribution in [0.5, 0.6) is 0 Å². The van der Waals surface area contributed by atoms with Gasteiger partial charge in [0.1, 0.15) is 10.6 Å². The molecule has 2 aromatic rings. The Bertz CT molecular complexity index is 942. The Morgan fingerprint density at radius 2 is 1.93 bits per heavy atom. The molecule has 1 aromatic heterocycles. The number of rotatable bonds is 4. The molecule has 1 unspecified atom stereocenters. The molecule has 0 radical (unpaired) electrons. The third kappa shape index (κ3) is 4.32. The summed E-state index contributed by atoms with van der Waals surface area (Å²) in [6, 6.07) is 3.06. The monoisotopic (exact) mass is 417 g/mol. The highest BCUT2D eigenvalue weighted by Crippen LogP contribution is 2.36. The third-order valence-corrected chi connectivity index (χ3v) is 7.04. The lowest BCUT2D eigenvalue weighted by Gasteiger charge is -2.28. The quantitative estimate of drug-likeness (QED) is 0.757. The number of anilines is 1. The third-order valence-electron chi connectivity index (χ3n) is 5.36. The molecule has 7 heteroatoms. The zero-order valence-corrected chi connectivity index (χ0v) is 18.6. The molecule has 0 fully saturated rings. The molecule has 1 aliphatic rings. The molecule has 0 saturated carbocycles. The van der Waals surface area contributed by atoms with Crippen LogP contribution in [0, 0.1) is 12.7 Å². The molecular weight excluding hydrogens is 389 g/mol. The summed E-state index contributed by atoms with van der Waals surface area (Å²) >= 11 is -1.23. The predicted octanol–water partition coefficient (Wildman–Crippen LogP) is 4.22. The summed E-state index contributed by atoms with van der Waals surface area (Å²) in [5, 5.41) is 0. The lowest BCUT2D eigenvalue weighted by atomic mass is 9.92. The van der Waals surface area contributed by atoms with E-state index in [1.807, 2.05) is 40.7 Å². The molecule has 5 nitrogen and oxygen atoms in total. The van der Waals surface area contributed by atoms with Crippen LogP contribution in [-0.2, 0) is 22.6 Å². The molecule has 156 valence electrons. The number of aryl methyl sites for hydroxylation is 1. The highest BCUT2D eigenvalue weighted by molar-refractivity contribution is 7.90. The summed E-state index contributed by atoms with van der Waals surface area (Å²) in [5.74, 6) is -0.387. The minimum absolute atomic E-state index is 0.00348. The van der Waals surface area contributed by atoms with Crippen molar-refractivity contribution in [2.24, 2.45) is 0 Å². The van der Waals surface area contributed by atoms with Crippen LogP contribution in [0.25, 0.3) is 11.1 Å². The van der Waals surface area contributed by atoms with Gasteiger partial charge in [0.05, 0.1) is 6.04 Å². The Morgan fingerprint density at radius 3 is 2.59 bits per heavy atom. The van der Waals surface area contributed by atoms with Crippen LogP contribution in [-0.4, -0.2) is 27.2 Å². The van der Waals surface area contributed by atoms with E-state index in [0.717, 1.165) is 16.7 Å². The maximum Gasteiger partial charge on any atom is 0.227 e. The fourth-order valence-electron chi connectivity index (χ4n) is 3.52. The Hall–Kier alpha value is -1.96. The van der Waals surface area contributed by atoms with Crippen molar-refractivity contribution >= 4 is 23.0 Å². The molecule has 0 spiro atoms. The summed E-state index contributed by atoms with van der Waals surface area (Å²) in [5.41, 5.74) is 4.53. The first-order valence-electron chi connectivity index (χ1n) is 9.72. The van der Waals surface area contributed by atoms with E-state index in [9.17, 15) is 9.35 Å². The summed E-state index contributed by atoms with van der Waals surface area (Å²) in [4.78, 5) is 17.8. The fourth-order valence-corrected chi connectivity index (χ4v) is 4.32. The average molecular weight is 418 g/mol. The van der Waals surface area contributed by atoms with Crippen LogP contribution in [0.15, 0.2) is 24.5 Å². The van der Waals surface area contributed by atoms with Crippen molar-refractivity contribution in [1.29, 1.82) is 0 Å². The molecule has 0 saturated heterocycles. The molecule has 0 bridgehead atoms. The molecule has 1 aliphatic heterocycles. The van der Waals surface area contributed by atoms with Gasteiger partial charge in [0, 0.05) is 54.0 Å². The van der Waals surface area contributed by atoms with Crippen molar-refractivity contribution in [2.45, 2.75) is 58.2 Å². The first-order chi connectivity index (χ1) is 13.5. The van der Waals surface area contributed by atoms with E-state index in [2.05, 4.69) is 9.71 Å². The summed E-state index contributed by atoms with van der Waals surface area (Å²) in [6.07, 6.45) is 4.42. The standard InChI is InChI=1S/C22H28FN3O2S/c1-13-17(14(2)25-29(28)22(3,4)5)11-24-12-18(13)16-9-15-7-8-21(27)26(6)20(15)10-19(16)23/h9-12,14,25H,7-8H2,1-6H3/t14?,29-/m1/s1. The average Bonchev–Trinajstić information content (AvgIpc) is 2.64. The number of amides is 1. The number of pyridine rings is 1. The Balaban J connectivity index is 1.99. The van der Waals surface area contributed by atoms with Crippen LogP contribution in [0.2, 0.25) is 0 Å². The van der Waals surface area contributed by atoms with E-state index in [1.54, 1.807) is 19.4 Å². The number of nitrogens with one attached hydrogen (secondary N) is 1. The van der Waals surface area contributed by atoms with Gasteiger partial charge in [-0.3, -0.25) is 9.78 Å². The second-order valence-corrected chi connectivity index (χ2v) is 10.5. The van der Waals surface area contributed by atoms with E-state index >= 15 is 4.39 Å². The molecule has 1 aromatic carbocycles. The smallest absolute Gasteiger partial charge is 0.227 e. The largest absolute Gasteiger partial charge is 0.598 e. The molecular formula is C22H28FN3O2S. The summed E-state index contributed by atoms with van der Waals surface area (Å²) in [6.45, 7) is 9.60. The maximum atomic E-state index is 15.0. The zero-order chi connectivity index (χ0) is 21.5. The molecule has 2 atom stereocenters. The van der Waals surface area contributed by atoms with Gasteiger partial charge in [0.25, 0.3) is 0 Å².